The maximum absolute atomic E-state index is 2.56. The Kier molecular flexibility index (Phi) is 2.44. The molecule has 2 atom stereocenters. The number of rotatable bonds is 0. The molecule has 1 heterocycles. The van der Waals surface area contributed by atoms with Crippen molar-refractivity contribution >= 4 is 7.41 Å². The molecule has 1 aliphatic heterocycles. The van der Waals surface area contributed by atoms with E-state index in [4.69, 9.17) is 0 Å². The molecular formula is C11H21BN. The van der Waals surface area contributed by atoms with Crippen LogP contribution in [0.3, 0.4) is 0 Å². The zero-order chi connectivity index (χ0) is 9.47. The van der Waals surface area contributed by atoms with Gasteiger partial charge in [-0.2, -0.15) is 0 Å². The molecule has 1 nitrogen and oxygen atoms in total. The van der Waals surface area contributed by atoms with Crippen LogP contribution >= 0.6 is 0 Å². The first-order valence-corrected chi connectivity index (χ1v) is 5.69. The van der Waals surface area contributed by atoms with Crippen LogP contribution in [0.2, 0.25) is 5.82 Å². The summed E-state index contributed by atoms with van der Waals surface area (Å²) in [5.41, 5.74) is 0.345. The summed E-state index contributed by atoms with van der Waals surface area (Å²) in [6, 6.07) is 0. The number of hydrogen-bond acceptors (Lipinski definition) is 1. The van der Waals surface area contributed by atoms with Gasteiger partial charge in [-0.25, -0.2) is 0 Å². The van der Waals surface area contributed by atoms with Crippen molar-refractivity contribution in [3.05, 3.63) is 0 Å². The zero-order valence-corrected chi connectivity index (χ0v) is 9.21. The highest BCUT2D eigenvalue weighted by molar-refractivity contribution is 6.35. The first kappa shape index (κ1) is 9.58. The Morgan fingerprint density at radius 3 is 2.46 bits per heavy atom. The molecule has 0 bridgehead atoms. The summed E-state index contributed by atoms with van der Waals surface area (Å²) in [6.45, 7) is 8.27. The molecular weight excluding hydrogens is 157 g/mol. The fourth-order valence-electron chi connectivity index (χ4n) is 2.70. The molecule has 0 aromatic heterocycles. The minimum atomic E-state index is 0.345. The van der Waals surface area contributed by atoms with E-state index in [0.717, 1.165) is 11.7 Å². The Labute approximate surface area is 83.1 Å². The third-order valence-corrected chi connectivity index (χ3v) is 3.63. The lowest BCUT2D eigenvalue weighted by Crippen LogP contribution is -2.41. The maximum atomic E-state index is 2.56. The molecule has 0 aromatic carbocycles. The minimum absolute atomic E-state index is 0.345. The van der Waals surface area contributed by atoms with Crippen molar-refractivity contribution in [2.75, 3.05) is 6.54 Å². The number of hydrogen-bond donors (Lipinski definition) is 0. The Bertz CT molecular complexity index is 171. The van der Waals surface area contributed by atoms with E-state index in [1.54, 1.807) is 0 Å². The molecule has 0 N–H and O–H groups in total. The summed E-state index contributed by atoms with van der Waals surface area (Å²) in [4.78, 5) is 2.56. The Balaban J connectivity index is 1.99. The van der Waals surface area contributed by atoms with Crippen LogP contribution in [0.5, 0.6) is 0 Å². The van der Waals surface area contributed by atoms with Crippen molar-refractivity contribution in [2.45, 2.75) is 57.8 Å². The fourth-order valence-corrected chi connectivity index (χ4v) is 2.70. The average Bonchev–Trinajstić information content (AvgIpc) is 2.45. The van der Waals surface area contributed by atoms with Gasteiger partial charge in [0.1, 0.15) is 0 Å². The predicted molar refractivity (Wildman–Crippen MR) is 57.9 cm³/mol. The summed E-state index contributed by atoms with van der Waals surface area (Å²) in [5.74, 6) is 1.89. The van der Waals surface area contributed by atoms with Gasteiger partial charge in [-0.3, -0.25) is 0 Å². The van der Waals surface area contributed by atoms with Gasteiger partial charge in [0.25, 0.3) is 0 Å². The van der Waals surface area contributed by atoms with E-state index in [1.165, 1.54) is 32.2 Å². The SMILES string of the molecule is CC(C)(C)N1[B]C2CCCCC2C1. The second kappa shape index (κ2) is 3.31. The highest BCUT2D eigenvalue weighted by Crippen LogP contribution is 2.41. The molecule has 1 aliphatic carbocycles. The lowest BCUT2D eigenvalue weighted by atomic mass is 9.65. The second-order valence-electron chi connectivity index (χ2n) is 5.68. The van der Waals surface area contributed by atoms with E-state index in [0.29, 0.717) is 5.54 Å². The van der Waals surface area contributed by atoms with Gasteiger partial charge in [0.05, 0.1) is 0 Å². The Morgan fingerprint density at radius 1 is 1.15 bits per heavy atom. The Morgan fingerprint density at radius 2 is 1.85 bits per heavy atom. The molecule has 0 amide bonds. The molecule has 0 aromatic rings. The molecule has 1 saturated carbocycles. The zero-order valence-electron chi connectivity index (χ0n) is 9.21. The van der Waals surface area contributed by atoms with Crippen LogP contribution in [0, 0.1) is 5.92 Å². The lowest BCUT2D eigenvalue weighted by molar-refractivity contribution is 0.236. The number of nitrogens with zero attached hydrogens (tertiary/aromatic N) is 1. The molecule has 2 heteroatoms. The molecule has 1 saturated heterocycles. The molecule has 2 rings (SSSR count). The van der Waals surface area contributed by atoms with Crippen molar-refractivity contribution in [1.82, 2.24) is 4.81 Å². The van der Waals surface area contributed by atoms with E-state index >= 15 is 0 Å². The molecule has 2 unspecified atom stereocenters. The molecule has 1 radical (unpaired) electrons. The lowest BCUT2D eigenvalue weighted by Gasteiger charge is -2.32. The van der Waals surface area contributed by atoms with Crippen molar-refractivity contribution in [3.63, 3.8) is 0 Å². The fraction of sp³-hybridized carbons (Fsp3) is 1.00. The van der Waals surface area contributed by atoms with Crippen LogP contribution in [0.4, 0.5) is 0 Å². The van der Waals surface area contributed by atoms with Crippen LogP contribution in [0.25, 0.3) is 0 Å². The van der Waals surface area contributed by atoms with E-state index < -0.39 is 0 Å². The van der Waals surface area contributed by atoms with Gasteiger partial charge < -0.3 is 4.81 Å². The van der Waals surface area contributed by atoms with Gasteiger partial charge in [-0.05, 0) is 45.5 Å². The van der Waals surface area contributed by atoms with E-state index in [2.05, 4.69) is 33.0 Å². The predicted octanol–water partition coefficient (Wildman–Crippen LogP) is 2.70. The summed E-state index contributed by atoms with van der Waals surface area (Å²) in [5, 5.41) is 0. The number of fused-ring (bicyclic) bond motifs is 1. The van der Waals surface area contributed by atoms with Crippen LogP contribution in [-0.2, 0) is 0 Å². The molecule has 73 valence electrons. The van der Waals surface area contributed by atoms with Gasteiger partial charge in [0.2, 0.25) is 7.41 Å². The van der Waals surface area contributed by atoms with Crippen molar-refractivity contribution < 1.29 is 0 Å². The highest BCUT2D eigenvalue weighted by atomic mass is 15.1. The van der Waals surface area contributed by atoms with Crippen LogP contribution in [0.1, 0.15) is 46.5 Å². The first-order chi connectivity index (χ1) is 6.07. The third-order valence-electron chi connectivity index (χ3n) is 3.63. The van der Waals surface area contributed by atoms with Crippen LogP contribution in [0.15, 0.2) is 0 Å². The van der Waals surface area contributed by atoms with E-state index in [9.17, 15) is 0 Å². The van der Waals surface area contributed by atoms with E-state index in [1.807, 2.05) is 0 Å². The first-order valence-electron chi connectivity index (χ1n) is 5.69. The summed E-state index contributed by atoms with van der Waals surface area (Å²) < 4.78 is 0. The van der Waals surface area contributed by atoms with Crippen LogP contribution in [-0.4, -0.2) is 24.3 Å². The van der Waals surface area contributed by atoms with Gasteiger partial charge >= 0.3 is 0 Å². The topological polar surface area (TPSA) is 3.24 Å². The largest absolute Gasteiger partial charge is 0.342 e. The van der Waals surface area contributed by atoms with Gasteiger partial charge in [-0.15, -0.1) is 0 Å². The van der Waals surface area contributed by atoms with Crippen molar-refractivity contribution in [1.29, 1.82) is 0 Å². The minimum Gasteiger partial charge on any atom is -0.342 e. The summed E-state index contributed by atoms with van der Waals surface area (Å²) in [7, 11) is 2.52. The third kappa shape index (κ3) is 1.93. The maximum Gasteiger partial charge on any atom is 0.212 e. The molecule has 2 fully saturated rings. The molecule has 0 spiro atoms. The summed E-state index contributed by atoms with van der Waals surface area (Å²) in [6.07, 6.45) is 5.83. The second-order valence-corrected chi connectivity index (χ2v) is 5.68. The van der Waals surface area contributed by atoms with Gasteiger partial charge in [-0.1, -0.05) is 19.3 Å². The normalized spacial score (nSPS) is 35.6. The van der Waals surface area contributed by atoms with Gasteiger partial charge in [0, 0.05) is 5.54 Å². The highest BCUT2D eigenvalue weighted by Gasteiger charge is 2.39. The molecule has 13 heavy (non-hydrogen) atoms. The standard InChI is InChI=1S/C11H21BN/c1-11(2,3)13-8-9-6-4-5-7-10(9)12-13/h9-10H,4-8H2,1-3H3. The van der Waals surface area contributed by atoms with Crippen LogP contribution < -0.4 is 0 Å². The smallest absolute Gasteiger partial charge is 0.212 e. The quantitative estimate of drug-likeness (QED) is 0.515. The van der Waals surface area contributed by atoms with Gasteiger partial charge in [0.15, 0.2) is 0 Å². The monoisotopic (exact) mass is 178 g/mol. The van der Waals surface area contributed by atoms with Crippen molar-refractivity contribution in [2.24, 2.45) is 5.92 Å². The Hall–Kier alpha value is 0.0249. The summed E-state index contributed by atoms with van der Waals surface area (Å²) >= 11 is 0. The van der Waals surface area contributed by atoms with Crippen molar-refractivity contribution in [3.8, 4) is 0 Å². The molecule has 2 aliphatic rings. The average molecular weight is 178 g/mol. The van der Waals surface area contributed by atoms with E-state index in [-0.39, 0.29) is 0 Å².